The first-order valence-electron chi connectivity index (χ1n) is 6.33. The van der Waals surface area contributed by atoms with Crippen LogP contribution < -0.4 is 5.43 Å². The lowest BCUT2D eigenvalue weighted by atomic mass is 10.2. The lowest BCUT2D eigenvalue weighted by Crippen LogP contribution is -2.41. The van der Waals surface area contributed by atoms with E-state index >= 15 is 0 Å². The molecule has 2 aromatic heterocycles. The van der Waals surface area contributed by atoms with E-state index in [-0.39, 0.29) is 0 Å². The molecule has 2 N–H and O–H groups in total. The van der Waals surface area contributed by atoms with Gasteiger partial charge in [0.1, 0.15) is 5.65 Å². The summed E-state index contributed by atoms with van der Waals surface area (Å²) in [6.45, 7) is 3.22. The molecule has 3 rings (SSSR count). The SMILES string of the molecule is c1cnc2[nH]cc(CNN3CCCCC3)c2c1. The summed E-state index contributed by atoms with van der Waals surface area (Å²) in [5.41, 5.74) is 5.77. The molecule has 1 aliphatic heterocycles. The van der Waals surface area contributed by atoms with E-state index in [1.54, 1.807) is 0 Å². The summed E-state index contributed by atoms with van der Waals surface area (Å²) in [7, 11) is 0. The molecule has 17 heavy (non-hydrogen) atoms. The largest absolute Gasteiger partial charge is 0.346 e. The molecule has 2 aromatic rings. The molecule has 0 radical (unpaired) electrons. The first kappa shape index (κ1) is 10.7. The second-order valence-electron chi connectivity index (χ2n) is 4.60. The predicted octanol–water partition coefficient (Wildman–Crippen LogP) is 2.05. The summed E-state index contributed by atoms with van der Waals surface area (Å²) in [6.07, 6.45) is 7.86. The third-order valence-electron chi connectivity index (χ3n) is 3.39. The van der Waals surface area contributed by atoms with Crippen molar-refractivity contribution in [3.05, 3.63) is 30.1 Å². The molecule has 0 aliphatic carbocycles. The van der Waals surface area contributed by atoms with Gasteiger partial charge in [-0.1, -0.05) is 6.42 Å². The van der Waals surface area contributed by atoms with Crippen LogP contribution in [0.2, 0.25) is 0 Å². The molecule has 90 valence electrons. The Labute approximate surface area is 101 Å². The lowest BCUT2D eigenvalue weighted by molar-refractivity contribution is 0.151. The molecule has 0 unspecified atom stereocenters. The van der Waals surface area contributed by atoms with Gasteiger partial charge in [-0.05, 0) is 30.5 Å². The van der Waals surface area contributed by atoms with Gasteiger partial charge in [-0.3, -0.25) is 5.43 Å². The topological polar surface area (TPSA) is 44.0 Å². The molecule has 0 amide bonds. The summed E-state index contributed by atoms with van der Waals surface area (Å²) in [5.74, 6) is 0. The van der Waals surface area contributed by atoms with Crippen molar-refractivity contribution >= 4 is 11.0 Å². The van der Waals surface area contributed by atoms with Crippen molar-refractivity contribution in [1.29, 1.82) is 0 Å². The van der Waals surface area contributed by atoms with Gasteiger partial charge in [-0.25, -0.2) is 9.99 Å². The zero-order chi connectivity index (χ0) is 11.5. The lowest BCUT2D eigenvalue weighted by Gasteiger charge is -2.26. The Morgan fingerprint density at radius 2 is 2.18 bits per heavy atom. The number of rotatable bonds is 3. The average Bonchev–Trinajstić information content (AvgIpc) is 2.81. The van der Waals surface area contributed by atoms with Crippen molar-refractivity contribution < 1.29 is 0 Å². The second-order valence-corrected chi connectivity index (χ2v) is 4.60. The fourth-order valence-corrected chi connectivity index (χ4v) is 2.41. The van der Waals surface area contributed by atoms with Crippen LogP contribution in [0.15, 0.2) is 24.5 Å². The van der Waals surface area contributed by atoms with Crippen molar-refractivity contribution in [1.82, 2.24) is 20.4 Å². The third-order valence-corrected chi connectivity index (χ3v) is 3.39. The Balaban J connectivity index is 1.68. The smallest absolute Gasteiger partial charge is 0.137 e. The molecular weight excluding hydrogens is 212 g/mol. The Morgan fingerprint density at radius 1 is 1.29 bits per heavy atom. The number of aromatic amines is 1. The van der Waals surface area contributed by atoms with Gasteiger partial charge in [-0.15, -0.1) is 0 Å². The molecule has 0 saturated carbocycles. The number of hydrogen-bond donors (Lipinski definition) is 2. The summed E-state index contributed by atoms with van der Waals surface area (Å²) in [6, 6.07) is 4.10. The number of hydrogen-bond acceptors (Lipinski definition) is 3. The van der Waals surface area contributed by atoms with Crippen LogP contribution in [0.5, 0.6) is 0 Å². The van der Waals surface area contributed by atoms with Crippen LogP contribution in [0, 0.1) is 0 Å². The number of fused-ring (bicyclic) bond motifs is 1. The quantitative estimate of drug-likeness (QED) is 0.848. The standard InChI is InChI=1S/C13H18N4/c1-2-7-17(8-3-1)16-10-11-9-15-13-12(11)5-4-6-14-13/h4-6,9,16H,1-3,7-8,10H2,(H,14,15). The minimum Gasteiger partial charge on any atom is -0.346 e. The molecule has 1 saturated heterocycles. The van der Waals surface area contributed by atoms with Gasteiger partial charge >= 0.3 is 0 Å². The van der Waals surface area contributed by atoms with Gasteiger partial charge < -0.3 is 4.98 Å². The highest BCUT2D eigenvalue weighted by Crippen LogP contribution is 2.15. The molecule has 3 heterocycles. The second kappa shape index (κ2) is 4.85. The summed E-state index contributed by atoms with van der Waals surface area (Å²) >= 11 is 0. The first-order chi connectivity index (χ1) is 8.43. The summed E-state index contributed by atoms with van der Waals surface area (Å²) < 4.78 is 0. The molecule has 4 heteroatoms. The predicted molar refractivity (Wildman–Crippen MR) is 68.4 cm³/mol. The Hall–Kier alpha value is -1.39. The van der Waals surface area contributed by atoms with E-state index in [1.807, 2.05) is 12.3 Å². The highest BCUT2D eigenvalue weighted by Gasteiger charge is 2.10. The Kier molecular flexibility index (Phi) is 3.07. The number of pyridine rings is 1. The van der Waals surface area contributed by atoms with Crippen LogP contribution in [0.25, 0.3) is 11.0 Å². The van der Waals surface area contributed by atoms with Crippen molar-refractivity contribution in [2.45, 2.75) is 25.8 Å². The van der Waals surface area contributed by atoms with E-state index in [2.05, 4.69) is 32.7 Å². The molecule has 0 spiro atoms. The van der Waals surface area contributed by atoms with Gasteiger partial charge in [0.05, 0.1) is 0 Å². The zero-order valence-corrected chi connectivity index (χ0v) is 9.95. The Bertz CT molecular complexity index is 485. The monoisotopic (exact) mass is 230 g/mol. The van der Waals surface area contributed by atoms with Gasteiger partial charge in [0, 0.05) is 37.4 Å². The van der Waals surface area contributed by atoms with Crippen LogP contribution in [-0.4, -0.2) is 28.1 Å². The highest BCUT2D eigenvalue weighted by atomic mass is 15.5. The number of H-pyrrole nitrogens is 1. The normalized spacial score (nSPS) is 17.6. The van der Waals surface area contributed by atoms with Crippen LogP contribution in [-0.2, 0) is 6.54 Å². The van der Waals surface area contributed by atoms with Crippen molar-refractivity contribution in [3.63, 3.8) is 0 Å². The molecular formula is C13H18N4. The molecule has 0 bridgehead atoms. The molecule has 0 aromatic carbocycles. The summed E-state index contributed by atoms with van der Waals surface area (Å²) in [5, 5.41) is 3.55. The van der Waals surface area contributed by atoms with Crippen LogP contribution in [0.1, 0.15) is 24.8 Å². The van der Waals surface area contributed by atoms with E-state index in [4.69, 9.17) is 0 Å². The first-order valence-corrected chi connectivity index (χ1v) is 6.33. The van der Waals surface area contributed by atoms with Gasteiger partial charge in [0.15, 0.2) is 0 Å². The minimum atomic E-state index is 0.881. The van der Waals surface area contributed by atoms with Crippen LogP contribution >= 0.6 is 0 Å². The number of aromatic nitrogens is 2. The molecule has 1 aliphatic rings. The molecule has 4 nitrogen and oxygen atoms in total. The van der Waals surface area contributed by atoms with E-state index in [0.29, 0.717) is 0 Å². The fourth-order valence-electron chi connectivity index (χ4n) is 2.41. The van der Waals surface area contributed by atoms with Crippen LogP contribution in [0.4, 0.5) is 0 Å². The van der Waals surface area contributed by atoms with Gasteiger partial charge in [0.25, 0.3) is 0 Å². The number of nitrogens with zero attached hydrogens (tertiary/aromatic N) is 2. The minimum absolute atomic E-state index is 0.881. The van der Waals surface area contributed by atoms with Crippen molar-refractivity contribution in [2.75, 3.05) is 13.1 Å². The number of hydrazine groups is 1. The fraction of sp³-hybridized carbons (Fsp3) is 0.462. The molecule has 0 atom stereocenters. The average molecular weight is 230 g/mol. The van der Waals surface area contributed by atoms with Crippen LogP contribution in [0.3, 0.4) is 0 Å². The highest BCUT2D eigenvalue weighted by molar-refractivity contribution is 5.79. The maximum absolute atomic E-state index is 4.30. The third kappa shape index (κ3) is 2.33. The maximum Gasteiger partial charge on any atom is 0.137 e. The maximum atomic E-state index is 4.30. The summed E-state index contributed by atoms with van der Waals surface area (Å²) in [4.78, 5) is 7.51. The molecule has 1 fully saturated rings. The van der Waals surface area contributed by atoms with Crippen molar-refractivity contribution in [3.8, 4) is 0 Å². The van der Waals surface area contributed by atoms with Gasteiger partial charge in [0.2, 0.25) is 0 Å². The Morgan fingerprint density at radius 3 is 3.06 bits per heavy atom. The van der Waals surface area contributed by atoms with Gasteiger partial charge in [-0.2, -0.15) is 0 Å². The van der Waals surface area contributed by atoms with E-state index in [9.17, 15) is 0 Å². The number of nitrogens with one attached hydrogen (secondary N) is 2. The van der Waals surface area contributed by atoms with E-state index in [1.165, 1.54) is 43.3 Å². The zero-order valence-electron chi connectivity index (χ0n) is 9.95. The van der Waals surface area contributed by atoms with Crippen molar-refractivity contribution in [2.24, 2.45) is 0 Å². The van der Waals surface area contributed by atoms with E-state index < -0.39 is 0 Å². The number of piperidine rings is 1. The van der Waals surface area contributed by atoms with E-state index in [0.717, 1.165) is 12.2 Å².